The molecule has 0 unspecified atom stereocenters. The monoisotopic (exact) mass is 420 g/mol. The van der Waals surface area contributed by atoms with Gasteiger partial charge >= 0.3 is 5.97 Å². The van der Waals surface area contributed by atoms with E-state index in [1.807, 2.05) is 18.4 Å². The lowest BCUT2D eigenvalue weighted by atomic mass is 9.86. The van der Waals surface area contributed by atoms with Crippen LogP contribution < -0.4 is 10.6 Å². The molecule has 6 nitrogen and oxygen atoms in total. The summed E-state index contributed by atoms with van der Waals surface area (Å²) in [5.41, 5.74) is 1.61. The molecular weight excluding hydrogens is 388 g/mol. The Morgan fingerprint density at radius 1 is 1.17 bits per heavy atom. The van der Waals surface area contributed by atoms with Crippen molar-refractivity contribution in [3.8, 4) is 0 Å². The lowest BCUT2D eigenvalue weighted by Gasteiger charge is -2.21. The SMILES string of the molecule is CSCC[C@H](NC(=O)c1ccc(C(C)(C)C)cc1)C(=O)O[C@H](C)C(=O)NC1CC1. The van der Waals surface area contributed by atoms with Gasteiger partial charge in [0.05, 0.1) is 0 Å². The Morgan fingerprint density at radius 3 is 2.31 bits per heavy atom. The molecule has 1 aromatic carbocycles. The second-order valence-electron chi connectivity index (χ2n) is 8.50. The molecule has 1 aromatic rings. The molecule has 1 aliphatic carbocycles. The van der Waals surface area contributed by atoms with Gasteiger partial charge in [-0.25, -0.2) is 4.79 Å². The zero-order valence-corrected chi connectivity index (χ0v) is 18.7. The van der Waals surface area contributed by atoms with Crippen molar-refractivity contribution in [1.82, 2.24) is 10.6 Å². The van der Waals surface area contributed by atoms with Gasteiger partial charge in [-0.1, -0.05) is 32.9 Å². The number of carbonyl (C=O) groups is 3. The molecule has 0 aliphatic heterocycles. The van der Waals surface area contributed by atoms with E-state index in [-0.39, 0.29) is 23.3 Å². The lowest BCUT2D eigenvalue weighted by Crippen LogP contribution is -2.45. The zero-order chi connectivity index (χ0) is 21.6. The summed E-state index contributed by atoms with van der Waals surface area (Å²) < 4.78 is 5.33. The van der Waals surface area contributed by atoms with Gasteiger partial charge in [-0.2, -0.15) is 11.8 Å². The van der Waals surface area contributed by atoms with Crippen LogP contribution in [0.4, 0.5) is 0 Å². The molecule has 0 spiro atoms. The Labute approximate surface area is 177 Å². The Kier molecular flexibility index (Phi) is 8.14. The lowest BCUT2D eigenvalue weighted by molar-refractivity contribution is -0.156. The number of rotatable bonds is 9. The third kappa shape index (κ3) is 7.38. The molecule has 1 saturated carbocycles. The van der Waals surface area contributed by atoms with Crippen LogP contribution in [0.1, 0.15) is 62.9 Å². The van der Waals surface area contributed by atoms with Crippen LogP contribution >= 0.6 is 11.8 Å². The van der Waals surface area contributed by atoms with E-state index in [1.165, 1.54) is 0 Å². The molecule has 2 atom stereocenters. The standard InChI is InChI=1S/C22H32N2O4S/c1-14(19(25)23-17-10-11-17)28-21(27)18(12-13-29-5)24-20(26)15-6-8-16(9-7-15)22(2,3)4/h6-9,14,17-18H,10-13H2,1-5H3,(H,23,25)(H,24,26)/t14-,18+/m1/s1. The summed E-state index contributed by atoms with van der Waals surface area (Å²) in [6, 6.07) is 6.78. The third-order valence-electron chi connectivity index (χ3n) is 4.80. The number of amides is 2. The number of carbonyl (C=O) groups excluding carboxylic acids is 3. The van der Waals surface area contributed by atoms with Crippen LogP contribution in [0.25, 0.3) is 0 Å². The summed E-state index contributed by atoms with van der Waals surface area (Å²) in [4.78, 5) is 37.3. The Bertz CT molecular complexity index is 723. The maximum atomic E-state index is 12.7. The van der Waals surface area contributed by atoms with Crippen molar-refractivity contribution in [3.63, 3.8) is 0 Å². The summed E-state index contributed by atoms with van der Waals surface area (Å²) >= 11 is 1.58. The molecule has 0 heterocycles. The number of hydrogen-bond donors (Lipinski definition) is 2. The van der Waals surface area contributed by atoms with Crippen molar-refractivity contribution in [2.75, 3.05) is 12.0 Å². The first kappa shape index (κ1) is 23.3. The van der Waals surface area contributed by atoms with Crippen LogP contribution in [0.2, 0.25) is 0 Å². The molecule has 7 heteroatoms. The number of hydrogen-bond acceptors (Lipinski definition) is 5. The van der Waals surface area contributed by atoms with Gasteiger partial charge in [0.25, 0.3) is 11.8 Å². The molecule has 2 N–H and O–H groups in total. The minimum atomic E-state index is -0.886. The van der Waals surface area contributed by atoms with Crippen LogP contribution in [-0.4, -0.2) is 48.0 Å². The van der Waals surface area contributed by atoms with Crippen LogP contribution in [0.5, 0.6) is 0 Å². The van der Waals surface area contributed by atoms with Crippen LogP contribution in [-0.2, 0) is 19.7 Å². The van der Waals surface area contributed by atoms with Crippen molar-refractivity contribution >= 4 is 29.5 Å². The largest absolute Gasteiger partial charge is 0.451 e. The fourth-order valence-corrected chi connectivity index (χ4v) is 3.18. The highest BCUT2D eigenvalue weighted by Crippen LogP contribution is 2.22. The Hall–Kier alpha value is -2.02. The molecule has 160 valence electrons. The summed E-state index contributed by atoms with van der Waals surface area (Å²) in [7, 11) is 0. The Balaban J connectivity index is 1.99. The molecule has 0 saturated heterocycles. The first-order valence-corrected chi connectivity index (χ1v) is 11.4. The Morgan fingerprint density at radius 2 is 1.79 bits per heavy atom. The van der Waals surface area contributed by atoms with E-state index in [1.54, 1.807) is 30.8 Å². The molecule has 0 aromatic heterocycles. The highest BCUT2D eigenvalue weighted by atomic mass is 32.2. The van der Waals surface area contributed by atoms with E-state index in [4.69, 9.17) is 4.74 Å². The van der Waals surface area contributed by atoms with Crippen molar-refractivity contribution in [2.45, 2.75) is 70.6 Å². The van der Waals surface area contributed by atoms with E-state index < -0.39 is 18.1 Å². The van der Waals surface area contributed by atoms with E-state index >= 15 is 0 Å². The average Bonchev–Trinajstić information content (AvgIpc) is 3.48. The molecule has 0 bridgehead atoms. The van der Waals surface area contributed by atoms with E-state index in [9.17, 15) is 14.4 Å². The molecule has 0 radical (unpaired) electrons. The van der Waals surface area contributed by atoms with Gasteiger partial charge in [0.2, 0.25) is 0 Å². The molecule has 1 aliphatic rings. The quantitative estimate of drug-likeness (QED) is 0.600. The fourth-order valence-electron chi connectivity index (χ4n) is 2.70. The van der Waals surface area contributed by atoms with Gasteiger partial charge in [0.1, 0.15) is 6.04 Å². The van der Waals surface area contributed by atoms with Gasteiger partial charge in [0, 0.05) is 11.6 Å². The first-order chi connectivity index (χ1) is 13.6. The zero-order valence-electron chi connectivity index (χ0n) is 17.9. The summed E-state index contributed by atoms with van der Waals surface area (Å²) in [6.07, 6.45) is 3.41. The molecular formula is C22H32N2O4S. The fraction of sp³-hybridized carbons (Fsp3) is 0.591. The molecule has 2 rings (SSSR count). The van der Waals surface area contributed by atoms with Crippen LogP contribution in [0.3, 0.4) is 0 Å². The van der Waals surface area contributed by atoms with Crippen molar-refractivity contribution in [2.24, 2.45) is 0 Å². The highest BCUT2D eigenvalue weighted by molar-refractivity contribution is 7.98. The number of esters is 1. The van der Waals surface area contributed by atoms with Crippen LogP contribution in [0.15, 0.2) is 24.3 Å². The topological polar surface area (TPSA) is 84.5 Å². The summed E-state index contributed by atoms with van der Waals surface area (Å²) in [5.74, 6) is -0.527. The van der Waals surface area contributed by atoms with Crippen molar-refractivity contribution < 1.29 is 19.1 Å². The average molecular weight is 421 g/mol. The van der Waals surface area contributed by atoms with Gasteiger partial charge in [-0.3, -0.25) is 9.59 Å². The predicted molar refractivity (Wildman–Crippen MR) is 116 cm³/mol. The van der Waals surface area contributed by atoms with Gasteiger partial charge in [-0.15, -0.1) is 0 Å². The van der Waals surface area contributed by atoms with Gasteiger partial charge < -0.3 is 15.4 Å². The minimum absolute atomic E-state index is 0.00310. The smallest absolute Gasteiger partial charge is 0.329 e. The number of nitrogens with one attached hydrogen (secondary N) is 2. The molecule has 29 heavy (non-hydrogen) atoms. The third-order valence-corrected chi connectivity index (χ3v) is 5.44. The van der Waals surface area contributed by atoms with E-state index in [0.29, 0.717) is 17.7 Å². The van der Waals surface area contributed by atoms with Crippen molar-refractivity contribution in [1.29, 1.82) is 0 Å². The van der Waals surface area contributed by atoms with Crippen molar-refractivity contribution in [3.05, 3.63) is 35.4 Å². The molecule has 2 amide bonds. The number of thioether (sulfide) groups is 1. The molecule has 1 fully saturated rings. The van der Waals surface area contributed by atoms with E-state index in [2.05, 4.69) is 31.4 Å². The number of ether oxygens (including phenoxy) is 1. The van der Waals surface area contributed by atoms with Crippen LogP contribution in [0, 0.1) is 0 Å². The number of benzene rings is 1. The minimum Gasteiger partial charge on any atom is -0.451 e. The van der Waals surface area contributed by atoms with Gasteiger partial charge in [0.15, 0.2) is 6.10 Å². The summed E-state index contributed by atoms with van der Waals surface area (Å²) in [5, 5.41) is 5.58. The van der Waals surface area contributed by atoms with Gasteiger partial charge in [-0.05, 0) is 61.3 Å². The maximum absolute atomic E-state index is 12.7. The summed E-state index contributed by atoms with van der Waals surface area (Å²) in [6.45, 7) is 7.87. The normalized spacial score (nSPS) is 15.9. The predicted octanol–water partition coefficient (Wildman–Crippen LogP) is 3.05. The highest BCUT2D eigenvalue weighted by Gasteiger charge is 2.30. The second kappa shape index (κ2) is 10.1. The first-order valence-electron chi connectivity index (χ1n) is 10.0. The maximum Gasteiger partial charge on any atom is 0.329 e. The second-order valence-corrected chi connectivity index (χ2v) is 9.48. The van der Waals surface area contributed by atoms with E-state index in [0.717, 1.165) is 18.4 Å².